The number of rotatable bonds is 4. The second kappa shape index (κ2) is 6.74. The van der Waals surface area contributed by atoms with E-state index < -0.39 is 5.82 Å². The number of pyridine rings is 1. The third-order valence-electron chi connectivity index (χ3n) is 4.87. The van der Waals surface area contributed by atoms with Gasteiger partial charge in [-0.3, -0.25) is 9.78 Å². The summed E-state index contributed by atoms with van der Waals surface area (Å²) < 4.78 is 13.3. The fourth-order valence-electron chi connectivity index (χ4n) is 3.52. The van der Waals surface area contributed by atoms with Crippen LogP contribution < -0.4 is 4.90 Å². The number of aromatic nitrogens is 3. The molecule has 1 amide bonds. The van der Waals surface area contributed by atoms with Crippen molar-refractivity contribution in [3.63, 3.8) is 0 Å². The molecule has 1 aliphatic heterocycles. The highest BCUT2D eigenvalue weighted by molar-refractivity contribution is 5.94. The zero-order valence-electron chi connectivity index (χ0n) is 13.9. The number of piperidine rings is 1. The first-order valence-electron chi connectivity index (χ1n) is 8.66. The molecule has 1 saturated heterocycles. The van der Waals surface area contributed by atoms with Crippen molar-refractivity contribution < 1.29 is 9.18 Å². The maximum absolute atomic E-state index is 13.3. The lowest BCUT2D eigenvalue weighted by Gasteiger charge is -2.39. The molecule has 1 saturated carbocycles. The number of halogens is 1. The fourth-order valence-corrected chi connectivity index (χ4v) is 3.52. The molecule has 2 aliphatic rings. The molecule has 3 heterocycles. The Labute approximate surface area is 145 Å². The van der Waals surface area contributed by atoms with E-state index in [1.807, 2.05) is 6.07 Å². The minimum atomic E-state index is -0.482. The van der Waals surface area contributed by atoms with Crippen molar-refractivity contribution in [2.45, 2.75) is 37.8 Å². The lowest BCUT2D eigenvalue weighted by molar-refractivity contribution is 0.0711. The van der Waals surface area contributed by atoms with Crippen LogP contribution in [0.1, 0.15) is 36.0 Å². The van der Waals surface area contributed by atoms with Crippen LogP contribution in [-0.4, -0.2) is 50.9 Å². The predicted molar refractivity (Wildman–Crippen MR) is 90.7 cm³/mol. The number of likely N-dealkylation sites (tertiary alicyclic amines) is 1. The number of anilines is 1. The van der Waals surface area contributed by atoms with Crippen LogP contribution in [0.2, 0.25) is 0 Å². The Morgan fingerprint density at radius 3 is 2.52 bits per heavy atom. The van der Waals surface area contributed by atoms with E-state index in [4.69, 9.17) is 0 Å². The van der Waals surface area contributed by atoms with Gasteiger partial charge in [-0.2, -0.15) is 0 Å². The quantitative estimate of drug-likeness (QED) is 0.854. The lowest BCUT2D eigenvalue weighted by Crippen LogP contribution is -2.48. The topological polar surface area (TPSA) is 62.2 Å². The number of amides is 1. The molecule has 7 heteroatoms. The van der Waals surface area contributed by atoms with Crippen molar-refractivity contribution in [3.05, 3.63) is 48.4 Å². The molecule has 0 radical (unpaired) electrons. The Morgan fingerprint density at radius 1 is 1.12 bits per heavy atom. The van der Waals surface area contributed by atoms with Crippen LogP contribution in [0.15, 0.2) is 37.1 Å². The fraction of sp³-hybridized carbons (Fsp3) is 0.444. The summed E-state index contributed by atoms with van der Waals surface area (Å²) in [4.78, 5) is 28.9. The molecule has 0 spiro atoms. The van der Waals surface area contributed by atoms with Gasteiger partial charge in [-0.25, -0.2) is 14.4 Å². The van der Waals surface area contributed by atoms with Gasteiger partial charge in [-0.15, -0.1) is 0 Å². The summed E-state index contributed by atoms with van der Waals surface area (Å²) >= 11 is 0. The molecular formula is C18H20FN5O. The largest absolute Gasteiger partial charge is 0.350 e. The van der Waals surface area contributed by atoms with E-state index in [-0.39, 0.29) is 5.91 Å². The van der Waals surface area contributed by atoms with E-state index in [2.05, 4.69) is 19.9 Å². The first kappa shape index (κ1) is 15.9. The van der Waals surface area contributed by atoms with E-state index in [9.17, 15) is 9.18 Å². The number of hydrogen-bond acceptors (Lipinski definition) is 5. The van der Waals surface area contributed by atoms with Gasteiger partial charge in [0.1, 0.15) is 18.0 Å². The number of carbonyl (C=O) groups excluding carboxylic acids is 1. The molecule has 0 bridgehead atoms. The van der Waals surface area contributed by atoms with Gasteiger partial charge in [0.15, 0.2) is 0 Å². The summed E-state index contributed by atoms with van der Waals surface area (Å²) in [7, 11) is 0. The summed E-state index contributed by atoms with van der Waals surface area (Å²) in [6.45, 7) is 1.32. The second-order valence-electron chi connectivity index (χ2n) is 6.62. The lowest BCUT2D eigenvalue weighted by atomic mass is 10.0. The van der Waals surface area contributed by atoms with E-state index in [1.54, 1.807) is 17.4 Å². The normalized spacial score (nSPS) is 18.2. The van der Waals surface area contributed by atoms with Gasteiger partial charge < -0.3 is 9.80 Å². The molecule has 130 valence electrons. The van der Waals surface area contributed by atoms with Gasteiger partial charge in [0.05, 0.1) is 11.8 Å². The molecule has 2 aromatic heterocycles. The molecule has 2 aromatic rings. The van der Waals surface area contributed by atoms with Crippen LogP contribution >= 0.6 is 0 Å². The van der Waals surface area contributed by atoms with Crippen molar-refractivity contribution in [1.82, 2.24) is 19.9 Å². The minimum Gasteiger partial charge on any atom is -0.350 e. The second-order valence-corrected chi connectivity index (χ2v) is 6.62. The summed E-state index contributed by atoms with van der Waals surface area (Å²) in [6, 6.07) is 4.12. The molecule has 0 atom stereocenters. The monoisotopic (exact) mass is 341 g/mol. The van der Waals surface area contributed by atoms with Gasteiger partial charge in [0, 0.05) is 37.6 Å². The highest BCUT2D eigenvalue weighted by Gasteiger charge is 2.37. The van der Waals surface area contributed by atoms with E-state index >= 15 is 0 Å². The number of nitrogens with zero attached hydrogens (tertiary/aromatic N) is 5. The first-order valence-corrected chi connectivity index (χ1v) is 8.66. The molecule has 0 aromatic carbocycles. The summed E-state index contributed by atoms with van der Waals surface area (Å²) in [5, 5.41) is 0. The van der Waals surface area contributed by atoms with Crippen LogP contribution in [0.3, 0.4) is 0 Å². The molecule has 4 rings (SSSR count). The molecule has 0 N–H and O–H groups in total. The van der Waals surface area contributed by atoms with Gasteiger partial charge in [0.25, 0.3) is 5.91 Å². The Hall–Kier alpha value is -2.57. The highest BCUT2D eigenvalue weighted by Crippen LogP contribution is 2.35. The van der Waals surface area contributed by atoms with Crippen molar-refractivity contribution in [1.29, 1.82) is 0 Å². The molecule has 6 nitrogen and oxygen atoms in total. The maximum atomic E-state index is 13.3. The van der Waals surface area contributed by atoms with Gasteiger partial charge in [-0.05, 0) is 37.8 Å². The Morgan fingerprint density at radius 2 is 1.88 bits per heavy atom. The third kappa shape index (κ3) is 3.45. The van der Waals surface area contributed by atoms with Gasteiger partial charge in [-0.1, -0.05) is 0 Å². The van der Waals surface area contributed by atoms with E-state index in [1.165, 1.54) is 25.1 Å². The van der Waals surface area contributed by atoms with Gasteiger partial charge >= 0.3 is 0 Å². The Balaban J connectivity index is 1.43. The average Bonchev–Trinajstić information content (AvgIpc) is 3.48. The molecular weight excluding hydrogens is 321 g/mol. The van der Waals surface area contributed by atoms with E-state index in [0.717, 1.165) is 24.9 Å². The minimum absolute atomic E-state index is 0.148. The van der Waals surface area contributed by atoms with Crippen LogP contribution in [0, 0.1) is 5.82 Å². The molecule has 0 unspecified atom stereocenters. The molecule has 1 aliphatic carbocycles. The van der Waals surface area contributed by atoms with Gasteiger partial charge in [0.2, 0.25) is 0 Å². The summed E-state index contributed by atoms with van der Waals surface area (Å²) in [6.07, 6.45) is 10.0. The number of carbonyl (C=O) groups is 1. The zero-order chi connectivity index (χ0) is 17.2. The maximum Gasteiger partial charge on any atom is 0.255 e. The van der Waals surface area contributed by atoms with Crippen LogP contribution in [0.5, 0.6) is 0 Å². The SMILES string of the molecule is O=C(c1cncc(F)c1)N1CCC(N(c2ccncn2)C2CC2)CC1. The average molecular weight is 341 g/mol. The smallest absolute Gasteiger partial charge is 0.255 e. The molecule has 2 fully saturated rings. The van der Waals surface area contributed by atoms with Crippen molar-refractivity contribution >= 4 is 11.7 Å². The highest BCUT2D eigenvalue weighted by atomic mass is 19.1. The predicted octanol–water partition coefficient (Wildman–Crippen LogP) is 2.28. The summed E-state index contributed by atoms with van der Waals surface area (Å²) in [5.41, 5.74) is 0.313. The number of hydrogen-bond donors (Lipinski definition) is 0. The summed E-state index contributed by atoms with van der Waals surface area (Å²) in [5.74, 6) is 0.339. The van der Waals surface area contributed by atoms with Crippen molar-refractivity contribution in [2.24, 2.45) is 0 Å². The zero-order valence-corrected chi connectivity index (χ0v) is 13.9. The molecule has 25 heavy (non-hydrogen) atoms. The van der Waals surface area contributed by atoms with Crippen LogP contribution in [0.4, 0.5) is 10.2 Å². The van der Waals surface area contributed by atoms with Crippen molar-refractivity contribution in [3.8, 4) is 0 Å². The van der Waals surface area contributed by atoms with Crippen molar-refractivity contribution in [2.75, 3.05) is 18.0 Å². The van der Waals surface area contributed by atoms with Crippen LogP contribution in [0.25, 0.3) is 0 Å². The Kier molecular flexibility index (Phi) is 4.29. The van der Waals surface area contributed by atoms with E-state index in [0.29, 0.717) is 30.7 Å². The first-order chi connectivity index (χ1) is 12.2. The standard InChI is InChI=1S/C18H20FN5O/c19-14-9-13(10-21-11-14)18(25)23-7-4-16(5-8-23)24(15-1-2-15)17-3-6-20-12-22-17/h3,6,9-12,15-16H,1-2,4-5,7-8H2. The van der Waals surface area contributed by atoms with Crippen LogP contribution in [-0.2, 0) is 0 Å². The Bertz CT molecular complexity index is 744. The third-order valence-corrected chi connectivity index (χ3v) is 4.87.